The van der Waals surface area contributed by atoms with Crippen LogP contribution in [0.1, 0.15) is 258 Å². The molecule has 56 heavy (non-hydrogen) atoms. The molecule has 0 aromatic heterocycles. The van der Waals surface area contributed by atoms with Gasteiger partial charge < -0.3 is 14.2 Å². The lowest BCUT2D eigenvalue weighted by Gasteiger charge is -2.18. The SMILES string of the molecule is CCCC/C=C\C/C=C\CCCCCCCC(=O)OC[C@@H](COC(=O)CCCCCCCCCCCCCC)OC(=O)CCCCCCCCCCCCCC. The predicted octanol–water partition coefficient (Wildman–Crippen LogP) is 15.6. The lowest BCUT2D eigenvalue weighted by molar-refractivity contribution is -0.167. The third-order valence-electron chi connectivity index (χ3n) is 10.7. The number of carbonyl (C=O) groups is 3. The second-order valence-corrected chi connectivity index (χ2v) is 16.4. The maximum atomic E-state index is 12.7. The molecule has 0 aromatic rings. The van der Waals surface area contributed by atoms with E-state index in [-0.39, 0.29) is 31.1 Å². The second-order valence-electron chi connectivity index (χ2n) is 16.4. The van der Waals surface area contributed by atoms with Crippen LogP contribution in [0.5, 0.6) is 0 Å². The van der Waals surface area contributed by atoms with Crippen LogP contribution in [0.4, 0.5) is 0 Å². The Bertz CT molecular complexity index is 911. The maximum absolute atomic E-state index is 12.7. The minimum atomic E-state index is -0.769. The van der Waals surface area contributed by atoms with Crippen LogP contribution < -0.4 is 0 Å². The largest absolute Gasteiger partial charge is 0.462 e. The van der Waals surface area contributed by atoms with E-state index in [1.165, 1.54) is 141 Å². The molecule has 0 aromatic carbocycles. The molecule has 0 aliphatic heterocycles. The first kappa shape index (κ1) is 53.9. The molecule has 0 aliphatic carbocycles. The third kappa shape index (κ3) is 43.0. The molecule has 0 rings (SSSR count). The van der Waals surface area contributed by atoms with Gasteiger partial charge in [-0.25, -0.2) is 0 Å². The lowest BCUT2D eigenvalue weighted by Crippen LogP contribution is -2.30. The van der Waals surface area contributed by atoms with E-state index in [1.54, 1.807) is 0 Å². The normalized spacial score (nSPS) is 12.1. The first-order valence-electron chi connectivity index (χ1n) is 24.3. The van der Waals surface area contributed by atoms with Crippen molar-refractivity contribution < 1.29 is 28.6 Å². The number of allylic oxidation sites excluding steroid dienone is 4. The molecule has 0 saturated carbocycles. The van der Waals surface area contributed by atoms with Gasteiger partial charge in [0, 0.05) is 19.3 Å². The van der Waals surface area contributed by atoms with Gasteiger partial charge >= 0.3 is 17.9 Å². The summed E-state index contributed by atoms with van der Waals surface area (Å²) in [5.74, 6) is -0.877. The molecule has 0 bridgehead atoms. The quantitative estimate of drug-likeness (QED) is 0.0265. The van der Waals surface area contributed by atoms with E-state index in [1.807, 2.05) is 0 Å². The van der Waals surface area contributed by atoms with Crippen molar-refractivity contribution in [3.63, 3.8) is 0 Å². The van der Waals surface area contributed by atoms with Crippen molar-refractivity contribution in [3.8, 4) is 0 Å². The average molecular weight is 789 g/mol. The van der Waals surface area contributed by atoms with Crippen LogP contribution in [0.25, 0.3) is 0 Å². The molecule has 0 unspecified atom stereocenters. The Labute approximate surface area is 347 Å². The molecule has 0 saturated heterocycles. The highest BCUT2D eigenvalue weighted by atomic mass is 16.6. The van der Waals surface area contributed by atoms with Gasteiger partial charge in [0.05, 0.1) is 0 Å². The summed E-state index contributed by atoms with van der Waals surface area (Å²) in [4.78, 5) is 37.8. The minimum absolute atomic E-state index is 0.0713. The van der Waals surface area contributed by atoms with Crippen molar-refractivity contribution in [2.45, 2.75) is 264 Å². The number of hydrogen-bond donors (Lipinski definition) is 0. The van der Waals surface area contributed by atoms with E-state index >= 15 is 0 Å². The summed E-state index contributed by atoms with van der Waals surface area (Å²) in [7, 11) is 0. The summed E-state index contributed by atoms with van der Waals surface area (Å²) in [5, 5.41) is 0. The number of esters is 3. The molecular formula is C50H92O6. The summed E-state index contributed by atoms with van der Waals surface area (Å²) in [6, 6.07) is 0. The van der Waals surface area contributed by atoms with Crippen LogP contribution >= 0.6 is 0 Å². The molecule has 0 radical (unpaired) electrons. The van der Waals surface area contributed by atoms with Crippen LogP contribution in [0.2, 0.25) is 0 Å². The summed E-state index contributed by atoms with van der Waals surface area (Å²) in [6.07, 6.45) is 50.1. The molecular weight excluding hydrogens is 697 g/mol. The third-order valence-corrected chi connectivity index (χ3v) is 10.7. The molecule has 0 spiro atoms. The maximum Gasteiger partial charge on any atom is 0.306 e. The van der Waals surface area contributed by atoms with Crippen molar-refractivity contribution in [2.24, 2.45) is 0 Å². The first-order valence-corrected chi connectivity index (χ1v) is 24.3. The van der Waals surface area contributed by atoms with E-state index in [4.69, 9.17) is 14.2 Å². The van der Waals surface area contributed by atoms with E-state index in [0.29, 0.717) is 19.3 Å². The van der Waals surface area contributed by atoms with Gasteiger partial charge in [0.1, 0.15) is 13.2 Å². The van der Waals surface area contributed by atoms with Gasteiger partial charge in [-0.3, -0.25) is 14.4 Å². The summed E-state index contributed by atoms with van der Waals surface area (Å²) < 4.78 is 16.7. The number of ether oxygens (including phenoxy) is 3. The zero-order chi connectivity index (χ0) is 40.8. The summed E-state index contributed by atoms with van der Waals surface area (Å²) >= 11 is 0. The fraction of sp³-hybridized carbons (Fsp3) is 0.860. The average Bonchev–Trinajstić information content (AvgIpc) is 3.19. The molecule has 0 N–H and O–H groups in total. The summed E-state index contributed by atoms with van der Waals surface area (Å²) in [6.45, 7) is 6.59. The molecule has 0 aliphatic rings. The molecule has 0 heterocycles. The Hall–Kier alpha value is -2.11. The van der Waals surface area contributed by atoms with Gasteiger partial charge in [-0.2, -0.15) is 0 Å². The Morgan fingerprint density at radius 2 is 0.661 bits per heavy atom. The fourth-order valence-electron chi connectivity index (χ4n) is 6.99. The molecule has 328 valence electrons. The minimum Gasteiger partial charge on any atom is -0.462 e. The molecule has 6 nitrogen and oxygen atoms in total. The van der Waals surface area contributed by atoms with Crippen molar-refractivity contribution in [1.29, 1.82) is 0 Å². The number of rotatable bonds is 44. The van der Waals surface area contributed by atoms with Gasteiger partial charge in [0.15, 0.2) is 6.10 Å². The highest BCUT2D eigenvalue weighted by molar-refractivity contribution is 5.71. The Morgan fingerprint density at radius 1 is 0.357 bits per heavy atom. The smallest absolute Gasteiger partial charge is 0.306 e. The Balaban J connectivity index is 4.36. The highest BCUT2D eigenvalue weighted by Crippen LogP contribution is 2.15. The zero-order valence-electron chi connectivity index (χ0n) is 37.4. The predicted molar refractivity (Wildman–Crippen MR) is 238 cm³/mol. The molecule has 1 atom stereocenters. The van der Waals surface area contributed by atoms with Crippen molar-refractivity contribution in [2.75, 3.05) is 13.2 Å². The van der Waals surface area contributed by atoms with Crippen LogP contribution in [0.15, 0.2) is 24.3 Å². The molecule has 0 amide bonds. The van der Waals surface area contributed by atoms with Crippen molar-refractivity contribution >= 4 is 17.9 Å². The standard InChI is InChI=1S/C50H92O6/c1-4-7-10-13-16-19-22-25-26-29-31-34-37-40-43-49(52)55-46-47(56-50(53)44-41-38-35-32-28-24-21-18-15-12-9-6-3)45-54-48(51)42-39-36-33-30-27-23-20-17-14-11-8-5-2/h13,16,22,25,47H,4-12,14-15,17-21,23-24,26-46H2,1-3H3/b16-13-,25-22-/t47-/m1/s1. The molecule has 0 fully saturated rings. The topological polar surface area (TPSA) is 78.9 Å². The number of unbranched alkanes of at least 4 members (excludes halogenated alkanes) is 29. The van der Waals surface area contributed by atoms with Crippen LogP contribution in [-0.4, -0.2) is 37.2 Å². The first-order chi connectivity index (χ1) is 27.5. The van der Waals surface area contributed by atoms with E-state index in [2.05, 4.69) is 45.1 Å². The monoisotopic (exact) mass is 789 g/mol. The summed E-state index contributed by atoms with van der Waals surface area (Å²) in [5.41, 5.74) is 0. The fourth-order valence-corrected chi connectivity index (χ4v) is 6.99. The lowest BCUT2D eigenvalue weighted by atomic mass is 10.0. The van der Waals surface area contributed by atoms with E-state index < -0.39 is 6.10 Å². The Kier molecular flexibility index (Phi) is 43.9. The van der Waals surface area contributed by atoms with Gasteiger partial charge in [-0.15, -0.1) is 0 Å². The van der Waals surface area contributed by atoms with Gasteiger partial charge in [-0.05, 0) is 44.9 Å². The zero-order valence-corrected chi connectivity index (χ0v) is 37.4. The molecule has 6 heteroatoms. The van der Waals surface area contributed by atoms with Gasteiger partial charge in [0.2, 0.25) is 0 Å². The number of carbonyl (C=O) groups excluding carboxylic acids is 3. The van der Waals surface area contributed by atoms with E-state index in [9.17, 15) is 14.4 Å². The van der Waals surface area contributed by atoms with Crippen molar-refractivity contribution in [1.82, 2.24) is 0 Å². The van der Waals surface area contributed by atoms with Crippen molar-refractivity contribution in [3.05, 3.63) is 24.3 Å². The Morgan fingerprint density at radius 3 is 1.04 bits per heavy atom. The highest BCUT2D eigenvalue weighted by Gasteiger charge is 2.19. The second kappa shape index (κ2) is 45.6. The van der Waals surface area contributed by atoms with Gasteiger partial charge in [-0.1, -0.05) is 218 Å². The van der Waals surface area contributed by atoms with Crippen LogP contribution in [0, 0.1) is 0 Å². The van der Waals surface area contributed by atoms with E-state index in [0.717, 1.165) is 77.0 Å². The number of hydrogen-bond acceptors (Lipinski definition) is 6. The van der Waals surface area contributed by atoms with Crippen LogP contribution in [0.3, 0.4) is 0 Å². The van der Waals surface area contributed by atoms with Crippen LogP contribution in [-0.2, 0) is 28.6 Å². The van der Waals surface area contributed by atoms with Gasteiger partial charge in [0.25, 0.3) is 0 Å².